The normalized spacial score (nSPS) is 18.4. The van der Waals surface area contributed by atoms with E-state index in [0.717, 1.165) is 18.7 Å². The summed E-state index contributed by atoms with van der Waals surface area (Å²) in [5.74, 6) is 0.341. The van der Waals surface area contributed by atoms with Gasteiger partial charge >= 0.3 is 6.09 Å². The maximum absolute atomic E-state index is 12.6. The number of piperidine rings is 1. The number of rotatable bonds is 2. The maximum atomic E-state index is 12.6. The summed E-state index contributed by atoms with van der Waals surface area (Å²) in [4.78, 5) is 35.0. The molecule has 0 bridgehead atoms. The van der Waals surface area contributed by atoms with E-state index in [1.807, 2.05) is 41.5 Å². The minimum atomic E-state index is -0.543. The number of carbonyl (C=O) groups excluding carboxylic acids is 2. The Bertz CT molecular complexity index is 644. The number of anilines is 1. The molecule has 2 heterocycles. The zero-order valence-electron chi connectivity index (χ0n) is 16.6. The molecule has 26 heavy (non-hydrogen) atoms. The molecule has 1 N–H and O–H groups in total. The molecule has 1 aromatic heterocycles. The first-order valence-electron chi connectivity index (χ1n) is 9.07. The van der Waals surface area contributed by atoms with Gasteiger partial charge in [0, 0.05) is 18.5 Å². The van der Waals surface area contributed by atoms with E-state index in [0.29, 0.717) is 18.8 Å². The number of amides is 2. The number of hydrogen-bond acceptors (Lipinski definition) is 5. The van der Waals surface area contributed by atoms with Crippen LogP contribution in [0.3, 0.4) is 0 Å². The van der Waals surface area contributed by atoms with Crippen LogP contribution in [0.25, 0.3) is 0 Å². The Morgan fingerprint density at radius 1 is 1.15 bits per heavy atom. The van der Waals surface area contributed by atoms with E-state index in [-0.39, 0.29) is 23.3 Å². The van der Waals surface area contributed by atoms with Crippen LogP contribution in [0.15, 0.2) is 12.4 Å². The van der Waals surface area contributed by atoms with Crippen LogP contribution < -0.4 is 5.32 Å². The molecule has 0 aliphatic carbocycles. The third kappa shape index (κ3) is 5.68. The summed E-state index contributed by atoms with van der Waals surface area (Å²) in [7, 11) is 0. The van der Waals surface area contributed by atoms with Crippen molar-refractivity contribution in [3.8, 4) is 0 Å². The molecule has 1 fully saturated rings. The van der Waals surface area contributed by atoms with Gasteiger partial charge in [0.1, 0.15) is 11.4 Å². The van der Waals surface area contributed by atoms with E-state index >= 15 is 0 Å². The largest absolute Gasteiger partial charge is 0.444 e. The highest BCUT2D eigenvalue weighted by molar-refractivity contribution is 5.92. The Morgan fingerprint density at radius 2 is 1.77 bits per heavy atom. The number of carbonyl (C=O) groups is 2. The second-order valence-electron chi connectivity index (χ2n) is 8.80. The average Bonchev–Trinajstić information content (AvgIpc) is 2.53. The fourth-order valence-corrected chi connectivity index (χ4v) is 2.71. The van der Waals surface area contributed by atoms with Gasteiger partial charge in [-0.1, -0.05) is 20.8 Å². The van der Waals surface area contributed by atoms with Crippen LogP contribution in [-0.4, -0.2) is 45.6 Å². The van der Waals surface area contributed by atoms with Crippen LogP contribution in [0.4, 0.5) is 10.5 Å². The van der Waals surface area contributed by atoms with E-state index < -0.39 is 5.60 Å². The van der Waals surface area contributed by atoms with Gasteiger partial charge in [-0.25, -0.2) is 14.8 Å². The van der Waals surface area contributed by atoms with Crippen molar-refractivity contribution in [1.82, 2.24) is 14.9 Å². The highest BCUT2D eigenvalue weighted by Crippen LogP contribution is 2.22. The van der Waals surface area contributed by atoms with Crippen molar-refractivity contribution in [2.45, 2.75) is 65.4 Å². The van der Waals surface area contributed by atoms with Gasteiger partial charge in [-0.3, -0.25) is 4.79 Å². The highest BCUT2D eigenvalue weighted by Gasteiger charge is 2.31. The second-order valence-corrected chi connectivity index (χ2v) is 8.80. The summed E-state index contributed by atoms with van der Waals surface area (Å²) in [6, 6.07) is 0. The molecular formula is C19H30N4O3. The van der Waals surface area contributed by atoms with Crippen molar-refractivity contribution in [2.24, 2.45) is 5.92 Å². The predicted octanol–water partition coefficient (Wildman–Crippen LogP) is 3.36. The number of ether oxygens (including phenoxy) is 1. The molecule has 144 valence electrons. The van der Waals surface area contributed by atoms with E-state index in [2.05, 4.69) is 15.3 Å². The summed E-state index contributed by atoms with van der Waals surface area (Å²) >= 11 is 0. The number of likely N-dealkylation sites (tertiary alicyclic amines) is 1. The lowest BCUT2D eigenvalue weighted by Crippen LogP contribution is -2.45. The Balaban J connectivity index is 1.95. The minimum Gasteiger partial charge on any atom is -0.444 e. The molecule has 1 aliphatic rings. The number of hydrogen-bond donors (Lipinski definition) is 1. The fraction of sp³-hybridized carbons (Fsp3) is 0.684. The molecule has 0 saturated carbocycles. The van der Waals surface area contributed by atoms with E-state index in [4.69, 9.17) is 4.74 Å². The van der Waals surface area contributed by atoms with Crippen molar-refractivity contribution < 1.29 is 14.3 Å². The standard InChI is InChI=1S/C19H30N4O3/c1-18(2,3)16-20-10-14(11-21-16)22-15(24)13-8-7-9-23(12-13)17(25)26-19(4,5)6/h10-11,13H,7-9,12H2,1-6H3,(H,22,24)/t13-/m1/s1. The number of nitrogens with zero attached hydrogens (tertiary/aromatic N) is 3. The third-order valence-corrected chi connectivity index (χ3v) is 4.03. The molecule has 0 radical (unpaired) electrons. The number of nitrogens with one attached hydrogen (secondary N) is 1. The summed E-state index contributed by atoms with van der Waals surface area (Å²) in [5, 5.41) is 2.86. The smallest absolute Gasteiger partial charge is 0.410 e. The van der Waals surface area contributed by atoms with E-state index in [9.17, 15) is 9.59 Å². The molecule has 7 heteroatoms. The summed E-state index contributed by atoms with van der Waals surface area (Å²) in [6.45, 7) is 12.6. The topological polar surface area (TPSA) is 84.4 Å². The van der Waals surface area contributed by atoms with Crippen molar-refractivity contribution >= 4 is 17.7 Å². The Morgan fingerprint density at radius 3 is 2.31 bits per heavy atom. The predicted molar refractivity (Wildman–Crippen MR) is 99.9 cm³/mol. The van der Waals surface area contributed by atoms with Crippen molar-refractivity contribution in [3.63, 3.8) is 0 Å². The van der Waals surface area contributed by atoms with Gasteiger partial charge in [0.15, 0.2) is 0 Å². The molecular weight excluding hydrogens is 332 g/mol. The van der Waals surface area contributed by atoms with Gasteiger partial charge < -0.3 is 15.0 Å². The Labute approximate surface area is 155 Å². The van der Waals surface area contributed by atoms with Crippen LogP contribution in [0.5, 0.6) is 0 Å². The van der Waals surface area contributed by atoms with Crippen molar-refractivity contribution in [1.29, 1.82) is 0 Å². The molecule has 1 saturated heterocycles. The molecule has 2 rings (SSSR count). The fourth-order valence-electron chi connectivity index (χ4n) is 2.71. The highest BCUT2D eigenvalue weighted by atomic mass is 16.6. The van der Waals surface area contributed by atoms with Gasteiger partial charge in [0.25, 0.3) is 0 Å². The zero-order valence-corrected chi connectivity index (χ0v) is 16.6. The van der Waals surface area contributed by atoms with Gasteiger partial charge in [0.05, 0.1) is 24.0 Å². The lowest BCUT2D eigenvalue weighted by Gasteiger charge is -2.33. The molecule has 7 nitrogen and oxygen atoms in total. The summed E-state index contributed by atoms with van der Waals surface area (Å²) < 4.78 is 5.40. The molecule has 1 atom stereocenters. The summed E-state index contributed by atoms with van der Waals surface area (Å²) in [6.07, 6.45) is 4.40. The SMILES string of the molecule is CC(C)(C)OC(=O)N1CCC[C@@H](C(=O)Nc2cnc(C(C)(C)C)nc2)C1. The van der Waals surface area contributed by atoms with Gasteiger partial charge in [-0.15, -0.1) is 0 Å². The Hall–Kier alpha value is -2.18. The minimum absolute atomic E-state index is 0.120. The molecule has 0 spiro atoms. The maximum Gasteiger partial charge on any atom is 0.410 e. The van der Waals surface area contributed by atoms with Gasteiger partial charge in [-0.2, -0.15) is 0 Å². The van der Waals surface area contributed by atoms with Crippen molar-refractivity contribution in [2.75, 3.05) is 18.4 Å². The lowest BCUT2D eigenvalue weighted by atomic mass is 9.96. The molecule has 0 unspecified atom stereocenters. The second kappa shape index (κ2) is 7.60. The monoisotopic (exact) mass is 362 g/mol. The first-order valence-corrected chi connectivity index (χ1v) is 9.07. The van der Waals surface area contributed by atoms with Crippen LogP contribution >= 0.6 is 0 Å². The quantitative estimate of drug-likeness (QED) is 0.872. The van der Waals surface area contributed by atoms with E-state index in [1.165, 1.54) is 0 Å². The molecule has 1 aliphatic heterocycles. The van der Waals surface area contributed by atoms with Gasteiger partial charge in [0.2, 0.25) is 5.91 Å². The number of aromatic nitrogens is 2. The van der Waals surface area contributed by atoms with E-state index in [1.54, 1.807) is 17.3 Å². The zero-order chi connectivity index (χ0) is 19.5. The molecule has 2 amide bonds. The lowest BCUT2D eigenvalue weighted by molar-refractivity contribution is -0.121. The molecule has 0 aromatic carbocycles. The van der Waals surface area contributed by atoms with Crippen LogP contribution in [0, 0.1) is 5.92 Å². The Kier molecular flexibility index (Phi) is 5.88. The molecule has 1 aromatic rings. The van der Waals surface area contributed by atoms with Crippen LogP contribution in [-0.2, 0) is 14.9 Å². The van der Waals surface area contributed by atoms with Crippen LogP contribution in [0.2, 0.25) is 0 Å². The summed E-state index contributed by atoms with van der Waals surface area (Å²) in [5.41, 5.74) is -0.115. The average molecular weight is 362 g/mol. The van der Waals surface area contributed by atoms with Gasteiger partial charge in [-0.05, 0) is 33.6 Å². The first kappa shape index (κ1) is 20.1. The first-order chi connectivity index (χ1) is 12.0. The van der Waals surface area contributed by atoms with Crippen molar-refractivity contribution in [3.05, 3.63) is 18.2 Å². The third-order valence-electron chi connectivity index (χ3n) is 4.03. The van der Waals surface area contributed by atoms with Crippen LogP contribution in [0.1, 0.15) is 60.2 Å².